The molecule has 49 heavy (non-hydrogen) atoms. The second kappa shape index (κ2) is 14.7. The Morgan fingerprint density at radius 2 is 1.37 bits per heavy atom. The van der Waals surface area contributed by atoms with Crippen LogP contribution in [0.25, 0.3) is 11.1 Å². The number of halogens is 3. The van der Waals surface area contributed by atoms with Crippen LogP contribution in [0.1, 0.15) is 31.8 Å². The van der Waals surface area contributed by atoms with E-state index in [-0.39, 0.29) is 28.1 Å². The van der Waals surface area contributed by atoms with E-state index in [4.69, 9.17) is 9.47 Å². The number of hydrogen-bond acceptors (Lipinski definition) is 7. The lowest BCUT2D eigenvalue weighted by Crippen LogP contribution is -2.48. The van der Waals surface area contributed by atoms with Crippen molar-refractivity contribution in [2.75, 3.05) is 32.6 Å². The van der Waals surface area contributed by atoms with Crippen molar-refractivity contribution in [2.24, 2.45) is 0 Å². The molecule has 254 valence electrons. The van der Waals surface area contributed by atoms with Gasteiger partial charge in [-0.25, -0.2) is 4.79 Å². The Morgan fingerprint density at radius 3 is 1.96 bits per heavy atom. The van der Waals surface area contributed by atoms with Gasteiger partial charge in [0.15, 0.2) is 6.61 Å². The van der Waals surface area contributed by atoms with E-state index in [0.717, 1.165) is 12.1 Å². The summed E-state index contributed by atoms with van der Waals surface area (Å²) in [6.45, 7) is -1.82. The van der Waals surface area contributed by atoms with Gasteiger partial charge in [0.2, 0.25) is 5.41 Å². The highest BCUT2D eigenvalue weighted by Crippen LogP contribution is 2.33. The number of carbonyl (C=O) groups is 5. The quantitative estimate of drug-likeness (QED) is 0.133. The topological polar surface area (TPSA) is 160 Å². The average Bonchev–Trinajstić information content (AvgIpc) is 3.07. The summed E-state index contributed by atoms with van der Waals surface area (Å²) in [5, 5.41) is 22.2. The lowest BCUT2D eigenvalue weighted by Gasteiger charge is -2.25. The molecule has 0 spiro atoms. The number of rotatable bonds is 12. The molecule has 11 nitrogen and oxygen atoms in total. The van der Waals surface area contributed by atoms with Crippen LogP contribution in [0.3, 0.4) is 0 Å². The highest BCUT2D eigenvalue weighted by atomic mass is 19.4. The van der Waals surface area contributed by atoms with Crippen LogP contribution in [0.4, 0.5) is 18.9 Å². The summed E-state index contributed by atoms with van der Waals surface area (Å²) in [5.74, 6) is -5.83. The minimum atomic E-state index is -4.53. The van der Waals surface area contributed by atoms with Crippen molar-refractivity contribution in [3.63, 3.8) is 0 Å². The van der Waals surface area contributed by atoms with E-state index in [0.29, 0.717) is 11.1 Å². The van der Waals surface area contributed by atoms with Crippen LogP contribution in [0, 0.1) is 0 Å². The van der Waals surface area contributed by atoms with Crippen molar-refractivity contribution in [3.8, 4) is 16.9 Å². The SMILES string of the molecule is CN(C)C(=O)c1cc(OCC(=O)OCC(C(=O)O)(C(=O)O)c2ccccc2)ccc1NC(=O)c1ccccc1-c1ccc(C(F)(F)F)cc1. The Bertz CT molecular complexity index is 1860. The molecule has 14 heteroatoms. The monoisotopic (exact) mass is 678 g/mol. The Kier molecular flexibility index (Phi) is 10.7. The van der Waals surface area contributed by atoms with Gasteiger partial charge in [-0.3, -0.25) is 19.2 Å². The van der Waals surface area contributed by atoms with E-state index < -0.39 is 60.1 Å². The van der Waals surface area contributed by atoms with Gasteiger partial charge in [0, 0.05) is 19.7 Å². The molecule has 0 atom stereocenters. The third-order valence-corrected chi connectivity index (χ3v) is 7.37. The van der Waals surface area contributed by atoms with Gasteiger partial charge in [0.1, 0.15) is 12.4 Å². The fourth-order valence-corrected chi connectivity index (χ4v) is 4.74. The Balaban J connectivity index is 1.52. The van der Waals surface area contributed by atoms with E-state index in [1.54, 1.807) is 24.3 Å². The van der Waals surface area contributed by atoms with Crippen molar-refractivity contribution >= 4 is 35.4 Å². The van der Waals surface area contributed by atoms with E-state index in [1.807, 2.05) is 0 Å². The van der Waals surface area contributed by atoms with Gasteiger partial charge in [0.05, 0.1) is 16.8 Å². The van der Waals surface area contributed by atoms with Crippen molar-refractivity contribution in [2.45, 2.75) is 11.6 Å². The molecule has 0 saturated heterocycles. The fraction of sp³-hybridized carbons (Fsp3) is 0.171. The molecule has 4 rings (SSSR count). The Hall–Kier alpha value is -6.18. The standard InChI is InChI=1S/C35H29F3N2O9/c1-40(2)31(43)27-18-24(48-19-29(41)49-20-34(32(44)45,33(46)47)22-8-4-3-5-9-22)16-17-28(27)39-30(42)26-11-7-6-10-25(26)21-12-14-23(15-13-21)35(36,37)38/h3-18H,19-20H2,1-2H3,(H,39,42)(H,44,45)(H,46,47). The molecule has 0 unspecified atom stereocenters. The predicted molar refractivity (Wildman–Crippen MR) is 169 cm³/mol. The summed E-state index contributed by atoms with van der Waals surface area (Å²) in [6.07, 6.45) is -4.53. The molecule has 4 aromatic carbocycles. The van der Waals surface area contributed by atoms with Crippen molar-refractivity contribution < 1.29 is 56.8 Å². The maximum absolute atomic E-state index is 13.4. The predicted octanol–water partition coefficient (Wildman–Crippen LogP) is 5.36. The first-order valence-corrected chi connectivity index (χ1v) is 14.4. The molecule has 2 amide bonds. The molecule has 0 aliphatic heterocycles. The molecule has 3 N–H and O–H groups in total. The van der Waals surface area contributed by atoms with Gasteiger partial charge in [0.25, 0.3) is 11.8 Å². The number of benzene rings is 4. The maximum Gasteiger partial charge on any atom is 0.416 e. The number of nitrogens with one attached hydrogen (secondary N) is 1. The molecule has 0 aromatic heterocycles. The zero-order valence-corrected chi connectivity index (χ0v) is 26.0. The molecule has 0 aliphatic carbocycles. The highest BCUT2D eigenvalue weighted by Gasteiger charge is 2.50. The van der Waals surface area contributed by atoms with Crippen molar-refractivity contribution in [1.82, 2.24) is 4.90 Å². The number of amides is 2. The van der Waals surface area contributed by atoms with Crippen LogP contribution in [0.15, 0.2) is 97.1 Å². The molecule has 0 fully saturated rings. The number of aliphatic carboxylic acids is 2. The Morgan fingerprint density at radius 1 is 0.755 bits per heavy atom. The van der Waals surface area contributed by atoms with Gasteiger partial charge in [-0.2, -0.15) is 13.2 Å². The number of esters is 1. The average molecular weight is 679 g/mol. The van der Waals surface area contributed by atoms with Crippen LogP contribution >= 0.6 is 0 Å². The zero-order chi connectivity index (χ0) is 35.9. The molecule has 0 heterocycles. The molecule has 0 saturated carbocycles. The number of hydrogen-bond donors (Lipinski definition) is 3. The third kappa shape index (κ3) is 8.04. The summed E-state index contributed by atoms with van der Waals surface area (Å²) >= 11 is 0. The van der Waals surface area contributed by atoms with Crippen molar-refractivity contribution in [3.05, 3.63) is 119 Å². The summed E-state index contributed by atoms with van der Waals surface area (Å²) < 4.78 is 49.7. The van der Waals surface area contributed by atoms with Crippen molar-refractivity contribution in [1.29, 1.82) is 0 Å². The minimum Gasteiger partial charge on any atom is -0.482 e. The second-order valence-corrected chi connectivity index (χ2v) is 10.8. The summed E-state index contributed by atoms with van der Waals surface area (Å²) in [4.78, 5) is 64.3. The Labute approximate surface area is 277 Å². The van der Waals surface area contributed by atoms with Crippen LogP contribution < -0.4 is 10.1 Å². The summed E-state index contributed by atoms with van der Waals surface area (Å²) in [7, 11) is 2.92. The van der Waals surface area contributed by atoms with Crippen LogP contribution in [0.2, 0.25) is 0 Å². The number of alkyl halides is 3. The highest BCUT2D eigenvalue weighted by molar-refractivity contribution is 6.12. The van der Waals surface area contributed by atoms with Crippen LogP contribution in [-0.2, 0) is 30.7 Å². The second-order valence-electron chi connectivity index (χ2n) is 10.8. The fourth-order valence-electron chi connectivity index (χ4n) is 4.74. The first kappa shape index (κ1) is 35.7. The van der Waals surface area contributed by atoms with Crippen LogP contribution in [0.5, 0.6) is 5.75 Å². The molecule has 0 bridgehead atoms. The molecule has 4 aromatic rings. The number of nitrogens with zero attached hydrogens (tertiary/aromatic N) is 1. The zero-order valence-electron chi connectivity index (χ0n) is 26.0. The first-order chi connectivity index (χ1) is 23.1. The van der Waals surface area contributed by atoms with Gasteiger partial charge in [-0.05, 0) is 53.1 Å². The normalized spacial score (nSPS) is 11.3. The smallest absolute Gasteiger partial charge is 0.416 e. The summed E-state index contributed by atoms with van der Waals surface area (Å²) in [5.41, 5.74) is -2.72. The van der Waals surface area contributed by atoms with E-state index in [9.17, 15) is 47.4 Å². The third-order valence-electron chi connectivity index (χ3n) is 7.37. The number of carbonyl (C=O) groups excluding carboxylic acids is 3. The van der Waals surface area contributed by atoms with E-state index >= 15 is 0 Å². The lowest BCUT2D eigenvalue weighted by atomic mass is 9.81. The minimum absolute atomic E-state index is 0.0175. The van der Waals surface area contributed by atoms with Gasteiger partial charge in [-0.1, -0.05) is 60.7 Å². The molecule has 0 radical (unpaired) electrons. The number of anilines is 1. The molecular weight excluding hydrogens is 649 g/mol. The largest absolute Gasteiger partial charge is 0.482 e. The van der Waals surface area contributed by atoms with Crippen LogP contribution in [-0.4, -0.2) is 72.1 Å². The number of carboxylic acids is 2. The molecular formula is C35H29F3N2O9. The first-order valence-electron chi connectivity index (χ1n) is 14.4. The summed E-state index contributed by atoms with van der Waals surface area (Å²) in [6, 6.07) is 21.5. The van der Waals surface area contributed by atoms with Gasteiger partial charge < -0.3 is 29.9 Å². The van der Waals surface area contributed by atoms with Gasteiger partial charge in [-0.15, -0.1) is 0 Å². The number of carboxylic acid groups (broad SMARTS) is 2. The van der Waals surface area contributed by atoms with E-state index in [1.165, 1.54) is 79.7 Å². The molecule has 0 aliphatic rings. The van der Waals surface area contributed by atoms with Gasteiger partial charge >= 0.3 is 24.1 Å². The number of ether oxygens (including phenoxy) is 2. The lowest BCUT2D eigenvalue weighted by molar-refractivity contribution is -0.164. The van der Waals surface area contributed by atoms with E-state index in [2.05, 4.69) is 5.32 Å². The maximum atomic E-state index is 13.4.